The Kier molecular flexibility index (Phi) is 3.39. The van der Waals surface area contributed by atoms with Crippen molar-refractivity contribution < 1.29 is 4.79 Å². The summed E-state index contributed by atoms with van der Waals surface area (Å²) in [5, 5.41) is 0. The van der Waals surface area contributed by atoms with E-state index in [0.29, 0.717) is 0 Å². The summed E-state index contributed by atoms with van der Waals surface area (Å²) in [5.74, 6) is 0.195. The molecule has 2 aliphatic rings. The third-order valence-electron chi connectivity index (χ3n) is 3.97. The minimum absolute atomic E-state index is 0.173. The molecule has 1 aliphatic carbocycles. The molecule has 1 saturated heterocycles. The predicted molar refractivity (Wildman–Crippen MR) is 74.1 cm³/mol. The van der Waals surface area contributed by atoms with E-state index in [9.17, 15) is 4.79 Å². The summed E-state index contributed by atoms with van der Waals surface area (Å²) >= 11 is 1.71. The Morgan fingerprint density at radius 1 is 1.33 bits per heavy atom. The lowest BCUT2D eigenvalue weighted by Gasteiger charge is -2.14. The molecule has 18 heavy (non-hydrogen) atoms. The van der Waals surface area contributed by atoms with Crippen molar-refractivity contribution in [1.29, 1.82) is 0 Å². The average Bonchev–Trinajstić information content (AvgIpc) is 2.90. The largest absolute Gasteiger partial charge is 0.336 e. The van der Waals surface area contributed by atoms with E-state index in [0.717, 1.165) is 37.2 Å². The van der Waals surface area contributed by atoms with Crippen LogP contribution >= 0.6 is 11.3 Å². The molecule has 1 fully saturated rings. The lowest BCUT2D eigenvalue weighted by Crippen LogP contribution is -2.31. The summed E-state index contributed by atoms with van der Waals surface area (Å²) in [5.41, 5.74) is 7.29. The number of fused-ring (bicyclic) bond motifs is 1. The average molecular weight is 264 g/mol. The van der Waals surface area contributed by atoms with Crippen molar-refractivity contribution in [2.24, 2.45) is 5.73 Å². The number of carbonyl (C=O) groups is 1. The van der Waals surface area contributed by atoms with E-state index in [4.69, 9.17) is 5.73 Å². The van der Waals surface area contributed by atoms with Crippen molar-refractivity contribution >= 4 is 17.2 Å². The van der Waals surface area contributed by atoms with Crippen molar-refractivity contribution in [3.63, 3.8) is 0 Å². The molecule has 0 unspecified atom stereocenters. The van der Waals surface area contributed by atoms with Crippen molar-refractivity contribution in [3.05, 3.63) is 21.4 Å². The van der Waals surface area contributed by atoms with Gasteiger partial charge < -0.3 is 10.6 Å². The maximum absolute atomic E-state index is 12.4. The highest BCUT2D eigenvalue weighted by molar-refractivity contribution is 7.14. The van der Waals surface area contributed by atoms with Crippen molar-refractivity contribution in [3.8, 4) is 0 Å². The van der Waals surface area contributed by atoms with Gasteiger partial charge in [-0.05, 0) is 43.7 Å². The first-order valence-corrected chi connectivity index (χ1v) is 7.72. The van der Waals surface area contributed by atoms with E-state index in [-0.39, 0.29) is 11.9 Å². The quantitative estimate of drug-likeness (QED) is 0.790. The van der Waals surface area contributed by atoms with Gasteiger partial charge in [-0.3, -0.25) is 4.79 Å². The van der Waals surface area contributed by atoms with Gasteiger partial charge in [0.05, 0.1) is 4.88 Å². The normalized spacial score (nSPS) is 23.8. The van der Waals surface area contributed by atoms with Crippen LogP contribution in [-0.4, -0.2) is 29.9 Å². The van der Waals surface area contributed by atoms with Crippen LogP contribution in [0.5, 0.6) is 0 Å². The Labute approximate surface area is 112 Å². The van der Waals surface area contributed by atoms with Gasteiger partial charge in [-0.1, -0.05) is 6.42 Å². The van der Waals surface area contributed by atoms with Crippen LogP contribution in [0.15, 0.2) is 6.07 Å². The zero-order valence-electron chi connectivity index (χ0n) is 10.7. The second-order valence-corrected chi connectivity index (χ2v) is 6.56. The first-order valence-electron chi connectivity index (χ1n) is 6.90. The molecule has 1 atom stereocenters. The maximum Gasteiger partial charge on any atom is 0.263 e. The molecule has 4 heteroatoms. The van der Waals surface area contributed by atoms with Gasteiger partial charge in [0.15, 0.2) is 0 Å². The number of amides is 1. The van der Waals surface area contributed by atoms with Crippen LogP contribution in [0.25, 0.3) is 0 Å². The van der Waals surface area contributed by atoms with Gasteiger partial charge in [0.25, 0.3) is 5.91 Å². The molecule has 1 aromatic heterocycles. The molecule has 0 saturated carbocycles. The van der Waals surface area contributed by atoms with Gasteiger partial charge in [-0.25, -0.2) is 0 Å². The minimum Gasteiger partial charge on any atom is -0.336 e. The SMILES string of the molecule is N[C@H]1CCN(C(=O)c2cc3c(s2)CCCCC3)C1. The molecule has 98 valence electrons. The molecule has 0 spiro atoms. The topological polar surface area (TPSA) is 46.3 Å². The van der Waals surface area contributed by atoms with Crippen molar-refractivity contribution in [2.75, 3.05) is 13.1 Å². The Balaban J connectivity index is 1.78. The fourth-order valence-electron chi connectivity index (χ4n) is 2.90. The molecule has 2 heterocycles. The highest BCUT2D eigenvalue weighted by Gasteiger charge is 2.26. The highest BCUT2D eigenvalue weighted by atomic mass is 32.1. The number of rotatable bonds is 1. The number of carbonyl (C=O) groups excluding carboxylic acids is 1. The third-order valence-corrected chi connectivity index (χ3v) is 5.19. The highest BCUT2D eigenvalue weighted by Crippen LogP contribution is 2.30. The molecule has 3 nitrogen and oxygen atoms in total. The van der Waals surface area contributed by atoms with Gasteiger partial charge in [-0.2, -0.15) is 0 Å². The molecule has 1 amide bonds. The summed E-state index contributed by atoms with van der Waals surface area (Å²) in [6.45, 7) is 1.55. The van der Waals surface area contributed by atoms with Crippen LogP contribution in [0.3, 0.4) is 0 Å². The van der Waals surface area contributed by atoms with Crippen LogP contribution < -0.4 is 5.73 Å². The summed E-state index contributed by atoms with van der Waals surface area (Å²) < 4.78 is 0. The fourth-order valence-corrected chi connectivity index (χ4v) is 4.12. The predicted octanol–water partition coefficient (Wildman–Crippen LogP) is 2.19. The van der Waals surface area contributed by atoms with Crippen LogP contribution in [-0.2, 0) is 12.8 Å². The monoisotopic (exact) mass is 264 g/mol. The fraction of sp³-hybridized carbons (Fsp3) is 0.643. The van der Waals surface area contributed by atoms with E-state index in [1.807, 2.05) is 4.90 Å². The van der Waals surface area contributed by atoms with Gasteiger partial charge in [0.1, 0.15) is 0 Å². The number of hydrogen-bond acceptors (Lipinski definition) is 3. The van der Waals surface area contributed by atoms with Crippen LogP contribution in [0, 0.1) is 0 Å². The molecule has 1 aliphatic heterocycles. The second kappa shape index (κ2) is 5.02. The summed E-state index contributed by atoms with van der Waals surface area (Å²) in [4.78, 5) is 16.7. The first-order chi connectivity index (χ1) is 8.74. The van der Waals surface area contributed by atoms with E-state index in [1.165, 1.54) is 29.7 Å². The minimum atomic E-state index is 0.173. The molecule has 0 aromatic carbocycles. The Morgan fingerprint density at radius 3 is 2.94 bits per heavy atom. The molecular weight excluding hydrogens is 244 g/mol. The van der Waals surface area contributed by atoms with E-state index >= 15 is 0 Å². The molecular formula is C14H20N2OS. The molecule has 2 N–H and O–H groups in total. The van der Waals surface area contributed by atoms with Gasteiger partial charge in [-0.15, -0.1) is 11.3 Å². The Bertz CT molecular complexity index is 431. The van der Waals surface area contributed by atoms with Gasteiger partial charge >= 0.3 is 0 Å². The smallest absolute Gasteiger partial charge is 0.263 e. The zero-order chi connectivity index (χ0) is 12.5. The summed E-state index contributed by atoms with van der Waals surface area (Å²) in [7, 11) is 0. The molecule has 3 rings (SSSR count). The maximum atomic E-state index is 12.4. The van der Waals surface area contributed by atoms with Crippen LogP contribution in [0.2, 0.25) is 0 Å². The number of thiophene rings is 1. The van der Waals surface area contributed by atoms with Crippen LogP contribution in [0.4, 0.5) is 0 Å². The lowest BCUT2D eigenvalue weighted by atomic mass is 10.1. The number of aryl methyl sites for hydroxylation is 2. The van der Waals surface area contributed by atoms with Gasteiger partial charge in [0, 0.05) is 24.0 Å². The van der Waals surface area contributed by atoms with E-state index in [1.54, 1.807) is 11.3 Å². The Hall–Kier alpha value is -0.870. The zero-order valence-corrected chi connectivity index (χ0v) is 11.5. The summed E-state index contributed by atoms with van der Waals surface area (Å²) in [6, 6.07) is 2.31. The lowest BCUT2D eigenvalue weighted by molar-refractivity contribution is 0.0795. The molecule has 0 radical (unpaired) electrons. The first kappa shape index (κ1) is 12.2. The standard InChI is InChI=1S/C14H20N2OS/c15-11-6-7-16(9-11)14(17)13-8-10-4-2-1-3-5-12(10)18-13/h8,11H,1-7,9,15H2/t11-/m0/s1. The van der Waals surface area contributed by atoms with Crippen LogP contribution in [0.1, 0.15) is 45.8 Å². The molecule has 0 bridgehead atoms. The summed E-state index contributed by atoms with van der Waals surface area (Å²) in [6.07, 6.45) is 7.12. The number of hydrogen-bond donors (Lipinski definition) is 1. The van der Waals surface area contributed by atoms with E-state index in [2.05, 4.69) is 6.07 Å². The third kappa shape index (κ3) is 2.31. The number of nitrogens with zero attached hydrogens (tertiary/aromatic N) is 1. The van der Waals surface area contributed by atoms with Crippen molar-refractivity contribution in [1.82, 2.24) is 4.90 Å². The number of nitrogens with two attached hydrogens (primary N) is 1. The number of likely N-dealkylation sites (tertiary alicyclic amines) is 1. The second-order valence-electron chi connectivity index (χ2n) is 5.42. The molecule has 1 aromatic rings. The Morgan fingerprint density at radius 2 is 2.17 bits per heavy atom. The van der Waals surface area contributed by atoms with E-state index < -0.39 is 0 Å². The van der Waals surface area contributed by atoms with Gasteiger partial charge in [0.2, 0.25) is 0 Å². The van der Waals surface area contributed by atoms with Crippen molar-refractivity contribution in [2.45, 2.75) is 44.6 Å².